The predicted molar refractivity (Wildman–Crippen MR) is 113 cm³/mol. The van der Waals surface area contributed by atoms with E-state index in [-0.39, 0.29) is 29.5 Å². The van der Waals surface area contributed by atoms with Crippen LogP contribution in [-0.2, 0) is 13.2 Å². The number of anilines is 1. The Morgan fingerprint density at radius 2 is 1.97 bits per heavy atom. The number of aromatic nitrogens is 3. The van der Waals surface area contributed by atoms with Gasteiger partial charge in [-0.15, -0.1) is 0 Å². The summed E-state index contributed by atoms with van der Waals surface area (Å²) in [7, 11) is 0. The maximum absolute atomic E-state index is 14.5. The minimum absolute atomic E-state index is 0.136. The summed E-state index contributed by atoms with van der Waals surface area (Å²) in [6.07, 6.45) is 3.59. The Morgan fingerprint density at radius 1 is 1.16 bits per heavy atom. The molecule has 0 amide bonds. The number of pyridine rings is 1. The number of benzene rings is 1. The first-order valence-electron chi connectivity index (χ1n) is 10.5. The molecule has 1 fully saturated rings. The summed E-state index contributed by atoms with van der Waals surface area (Å²) in [4.78, 5) is 22.7. The Labute approximate surface area is 183 Å². The summed E-state index contributed by atoms with van der Waals surface area (Å²) in [6, 6.07) is 7.27. The average molecular weight is 440 g/mol. The molecule has 0 radical (unpaired) electrons. The largest absolute Gasteiger partial charge is 0.473 e. The van der Waals surface area contributed by atoms with Crippen LogP contribution in [0.15, 0.2) is 41.3 Å². The van der Waals surface area contributed by atoms with Crippen LogP contribution < -0.4 is 20.1 Å². The van der Waals surface area contributed by atoms with E-state index < -0.39 is 17.4 Å². The zero-order valence-electron chi connectivity index (χ0n) is 17.6. The first-order valence-corrected chi connectivity index (χ1v) is 10.5. The van der Waals surface area contributed by atoms with E-state index >= 15 is 0 Å². The van der Waals surface area contributed by atoms with E-state index in [4.69, 9.17) is 9.47 Å². The topological polar surface area (TPSA) is 69.5 Å². The summed E-state index contributed by atoms with van der Waals surface area (Å²) in [5, 5.41) is 0. The van der Waals surface area contributed by atoms with Crippen molar-refractivity contribution in [2.45, 2.75) is 32.9 Å². The van der Waals surface area contributed by atoms with Crippen molar-refractivity contribution >= 4 is 5.82 Å². The number of ether oxygens (including phenoxy) is 2. The molecule has 0 N–H and O–H groups in total. The van der Waals surface area contributed by atoms with Crippen molar-refractivity contribution in [3.63, 3.8) is 0 Å². The summed E-state index contributed by atoms with van der Waals surface area (Å²) in [6.45, 7) is 4.12. The van der Waals surface area contributed by atoms with E-state index in [0.29, 0.717) is 12.5 Å². The van der Waals surface area contributed by atoms with Crippen LogP contribution >= 0.6 is 0 Å². The molecule has 3 aromatic rings. The number of nitrogens with zero attached hydrogens (tertiary/aromatic N) is 4. The molecule has 2 aromatic heterocycles. The monoisotopic (exact) mass is 440 g/mol. The highest BCUT2D eigenvalue weighted by Crippen LogP contribution is 2.31. The highest BCUT2D eigenvalue weighted by atomic mass is 19.1. The number of piperidine rings is 1. The van der Waals surface area contributed by atoms with Gasteiger partial charge in [-0.3, -0.25) is 9.55 Å². The zero-order chi connectivity index (χ0) is 22.2. The minimum atomic E-state index is -0.859. The third-order valence-electron chi connectivity index (χ3n) is 5.80. The Morgan fingerprint density at radius 3 is 2.72 bits per heavy atom. The van der Waals surface area contributed by atoms with E-state index in [0.717, 1.165) is 49.6 Å². The fourth-order valence-corrected chi connectivity index (χ4v) is 4.24. The van der Waals surface area contributed by atoms with E-state index in [1.165, 1.54) is 6.20 Å². The number of rotatable bonds is 5. The van der Waals surface area contributed by atoms with Gasteiger partial charge in [0.1, 0.15) is 18.2 Å². The normalized spacial score (nSPS) is 17.1. The third-order valence-corrected chi connectivity index (χ3v) is 5.80. The van der Waals surface area contributed by atoms with Gasteiger partial charge in [-0.05, 0) is 55.5 Å². The third kappa shape index (κ3) is 4.02. The van der Waals surface area contributed by atoms with Crippen molar-refractivity contribution in [2.24, 2.45) is 5.92 Å². The standard InChI is InChI=1S/C23H22F2N4O3/c1-14-4-5-17(10-26-14)32-22-18(24)7-16(8-19(22)25)13-31-20-9-21-28-6-2-3-15(11-28)12-29(21)23(30)27-20/h4-5,7-10,15H,2-3,6,11-13H2,1H3/t15-/m1/s1. The Balaban J connectivity index is 1.32. The predicted octanol–water partition coefficient (Wildman–Crippen LogP) is 3.83. The van der Waals surface area contributed by atoms with Crippen molar-refractivity contribution in [1.29, 1.82) is 0 Å². The second-order valence-corrected chi connectivity index (χ2v) is 8.21. The molecular formula is C23H22F2N4O3. The molecule has 32 heavy (non-hydrogen) atoms. The lowest BCUT2D eigenvalue weighted by molar-refractivity contribution is 0.281. The summed E-state index contributed by atoms with van der Waals surface area (Å²) in [5.41, 5.74) is 0.648. The first kappa shape index (κ1) is 20.4. The van der Waals surface area contributed by atoms with Crippen LogP contribution in [0.25, 0.3) is 0 Å². The molecule has 1 atom stereocenters. The molecule has 1 saturated heterocycles. The summed E-state index contributed by atoms with van der Waals surface area (Å²) < 4.78 is 41.6. The highest BCUT2D eigenvalue weighted by molar-refractivity contribution is 5.44. The molecule has 2 bridgehead atoms. The molecule has 7 nitrogen and oxygen atoms in total. The maximum Gasteiger partial charge on any atom is 0.352 e. The second-order valence-electron chi connectivity index (χ2n) is 8.21. The molecule has 0 unspecified atom stereocenters. The number of hydrogen-bond donors (Lipinski definition) is 0. The zero-order valence-corrected chi connectivity index (χ0v) is 17.6. The van der Waals surface area contributed by atoms with Gasteiger partial charge in [-0.25, -0.2) is 13.6 Å². The van der Waals surface area contributed by atoms with E-state index in [1.54, 1.807) is 29.7 Å². The van der Waals surface area contributed by atoms with Gasteiger partial charge in [0.2, 0.25) is 5.88 Å². The SMILES string of the molecule is Cc1ccc(Oc2c(F)cc(COc3cc4n(c(=O)n3)C[C@@H]3CCCN4C3)cc2F)cn1. The van der Waals surface area contributed by atoms with Gasteiger partial charge in [0, 0.05) is 31.4 Å². The van der Waals surface area contributed by atoms with Gasteiger partial charge < -0.3 is 14.4 Å². The molecule has 4 heterocycles. The smallest absolute Gasteiger partial charge is 0.352 e. The lowest BCUT2D eigenvalue weighted by Gasteiger charge is -2.40. The Kier molecular flexibility index (Phi) is 5.24. The fourth-order valence-electron chi connectivity index (χ4n) is 4.24. The molecule has 166 valence electrons. The van der Waals surface area contributed by atoms with Crippen molar-refractivity contribution in [2.75, 3.05) is 18.0 Å². The average Bonchev–Trinajstić information content (AvgIpc) is 2.77. The van der Waals surface area contributed by atoms with Gasteiger partial charge in [0.05, 0.1) is 6.20 Å². The second kappa shape index (κ2) is 8.22. The number of halogens is 2. The molecule has 0 spiro atoms. The number of fused-ring (bicyclic) bond motifs is 4. The fraction of sp³-hybridized carbons (Fsp3) is 0.348. The molecule has 5 rings (SSSR count). The molecule has 0 saturated carbocycles. The van der Waals surface area contributed by atoms with Crippen molar-refractivity contribution in [3.8, 4) is 17.4 Å². The lowest BCUT2D eigenvalue weighted by atomic mass is 9.96. The first-order chi connectivity index (χ1) is 15.5. The minimum Gasteiger partial charge on any atom is -0.473 e. The van der Waals surface area contributed by atoms with Gasteiger partial charge >= 0.3 is 5.69 Å². The lowest BCUT2D eigenvalue weighted by Crippen LogP contribution is -2.46. The van der Waals surface area contributed by atoms with E-state index in [1.807, 2.05) is 0 Å². The Hall–Kier alpha value is -3.49. The maximum atomic E-state index is 14.5. The van der Waals surface area contributed by atoms with Crippen LogP contribution in [0, 0.1) is 24.5 Å². The van der Waals surface area contributed by atoms with Gasteiger partial charge in [-0.2, -0.15) is 4.98 Å². The van der Waals surface area contributed by atoms with Crippen molar-refractivity contribution < 1.29 is 18.3 Å². The Bertz CT molecular complexity index is 1190. The molecular weight excluding hydrogens is 418 g/mol. The van der Waals surface area contributed by atoms with Gasteiger partial charge in [-0.1, -0.05) is 0 Å². The van der Waals surface area contributed by atoms with E-state index in [2.05, 4.69) is 14.9 Å². The molecule has 2 aliphatic rings. The summed E-state index contributed by atoms with van der Waals surface area (Å²) in [5.74, 6) is -0.616. The van der Waals surface area contributed by atoms with Gasteiger partial charge in [0.15, 0.2) is 17.4 Å². The molecule has 9 heteroatoms. The quantitative estimate of drug-likeness (QED) is 0.601. The molecule has 0 aliphatic carbocycles. The van der Waals surface area contributed by atoms with Crippen LogP contribution in [0.1, 0.15) is 24.1 Å². The van der Waals surface area contributed by atoms with E-state index in [9.17, 15) is 13.6 Å². The summed E-state index contributed by atoms with van der Waals surface area (Å²) >= 11 is 0. The van der Waals surface area contributed by atoms with Gasteiger partial charge in [0.25, 0.3) is 0 Å². The number of aryl methyl sites for hydroxylation is 1. The number of hydrogen-bond acceptors (Lipinski definition) is 6. The van der Waals surface area contributed by atoms with Crippen LogP contribution in [-0.4, -0.2) is 27.6 Å². The highest BCUT2D eigenvalue weighted by Gasteiger charge is 2.29. The van der Waals surface area contributed by atoms with Crippen LogP contribution in [0.5, 0.6) is 17.4 Å². The molecule has 1 aromatic carbocycles. The molecule has 2 aliphatic heterocycles. The van der Waals surface area contributed by atoms with Crippen LogP contribution in [0.3, 0.4) is 0 Å². The van der Waals surface area contributed by atoms with Crippen molar-refractivity contribution in [1.82, 2.24) is 14.5 Å². The van der Waals surface area contributed by atoms with Crippen LogP contribution in [0.2, 0.25) is 0 Å². The van der Waals surface area contributed by atoms with Crippen molar-refractivity contribution in [3.05, 3.63) is 69.9 Å². The van der Waals surface area contributed by atoms with Crippen LogP contribution in [0.4, 0.5) is 14.6 Å².